The van der Waals surface area contributed by atoms with Gasteiger partial charge in [-0.25, -0.2) is 0 Å². The summed E-state index contributed by atoms with van der Waals surface area (Å²) in [7, 11) is 3.99. The molecule has 0 N–H and O–H groups in total. The van der Waals surface area contributed by atoms with Crippen molar-refractivity contribution in [3.63, 3.8) is 0 Å². The quantitative estimate of drug-likeness (QED) is 0.623. The van der Waals surface area contributed by atoms with Crippen molar-refractivity contribution in [2.45, 2.75) is 46.0 Å². The predicted molar refractivity (Wildman–Crippen MR) is 80.2 cm³/mol. The van der Waals surface area contributed by atoms with E-state index in [0.29, 0.717) is 0 Å². The van der Waals surface area contributed by atoms with E-state index >= 15 is 0 Å². The van der Waals surface area contributed by atoms with E-state index in [1.165, 1.54) is 51.9 Å². The number of piperidine rings is 1. The largest absolute Gasteiger partial charge is 0.385 e. The van der Waals surface area contributed by atoms with Gasteiger partial charge in [-0.2, -0.15) is 0 Å². The van der Waals surface area contributed by atoms with Crippen molar-refractivity contribution >= 4 is 0 Å². The second-order valence-electron chi connectivity index (χ2n) is 4.91. The molecule has 0 radical (unpaired) electrons. The summed E-state index contributed by atoms with van der Waals surface area (Å²) in [6, 6.07) is 0. The molecule has 1 fully saturated rings. The monoisotopic (exact) mass is 258 g/mol. The smallest absolute Gasteiger partial charge is 0.0474 e. The maximum Gasteiger partial charge on any atom is 0.0474 e. The number of hydrogen-bond donors (Lipinski definition) is 0. The van der Waals surface area contributed by atoms with Gasteiger partial charge in [0.2, 0.25) is 0 Å². The highest BCUT2D eigenvalue weighted by atomic mass is 16.5. The number of methoxy groups -OCH3 is 1. The Morgan fingerprint density at radius 1 is 1.00 bits per heavy atom. The van der Waals surface area contributed by atoms with E-state index in [2.05, 4.69) is 16.8 Å². The van der Waals surface area contributed by atoms with E-state index in [0.717, 1.165) is 19.6 Å². The van der Waals surface area contributed by atoms with Gasteiger partial charge in [-0.3, -0.25) is 0 Å². The normalized spacial score (nSPS) is 16.5. The molecule has 0 aliphatic carbocycles. The molecule has 110 valence electrons. The molecule has 3 nitrogen and oxygen atoms in total. The van der Waals surface area contributed by atoms with Crippen LogP contribution in [-0.4, -0.2) is 63.3 Å². The third-order valence-electron chi connectivity index (χ3n) is 3.35. The van der Waals surface area contributed by atoms with Crippen molar-refractivity contribution < 1.29 is 4.74 Å². The van der Waals surface area contributed by atoms with Crippen LogP contribution in [0.3, 0.4) is 0 Å². The number of likely N-dealkylation sites (tertiary alicyclic amines) is 1. The van der Waals surface area contributed by atoms with Crippen LogP contribution in [0.5, 0.6) is 0 Å². The average Bonchev–Trinajstić information content (AvgIpc) is 2.42. The minimum Gasteiger partial charge on any atom is -0.385 e. The molecule has 0 aromatic carbocycles. The summed E-state index contributed by atoms with van der Waals surface area (Å²) in [5, 5.41) is 0. The molecule has 1 saturated heterocycles. The Labute approximate surface area is 114 Å². The van der Waals surface area contributed by atoms with Crippen LogP contribution >= 0.6 is 0 Å². The van der Waals surface area contributed by atoms with E-state index in [1.54, 1.807) is 7.11 Å². The maximum absolute atomic E-state index is 5.06. The zero-order valence-electron chi connectivity index (χ0n) is 13.1. The fourth-order valence-corrected chi connectivity index (χ4v) is 2.34. The predicted octanol–water partition coefficient (Wildman–Crippen LogP) is 2.86. The standard InChI is InChI=1S/C13H28N2O.C2H6/c1-14(9-7-13-16-2)8-6-12-15-10-4-3-5-11-15;1-2/h3-13H2,1-2H3;1-2H3. The molecule has 1 aliphatic heterocycles. The van der Waals surface area contributed by atoms with Crippen LogP contribution < -0.4 is 0 Å². The Bertz CT molecular complexity index is 159. The molecule has 0 spiro atoms. The lowest BCUT2D eigenvalue weighted by Crippen LogP contribution is -2.32. The third-order valence-corrected chi connectivity index (χ3v) is 3.35. The molecule has 0 aromatic rings. The summed E-state index contributed by atoms with van der Waals surface area (Å²) in [6.45, 7) is 11.2. The van der Waals surface area contributed by atoms with Gasteiger partial charge in [-0.1, -0.05) is 20.3 Å². The Hall–Kier alpha value is -0.120. The van der Waals surface area contributed by atoms with Crippen LogP contribution in [0, 0.1) is 0 Å². The molecule has 0 bridgehead atoms. The first-order valence-electron chi connectivity index (χ1n) is 7.73. The topological polar surface area (TPSA) is 15.7 Å². The first-order chi connectivity index (χ1) is 8.83. The molecule has 18 heavy (non-hydrogen) atoms. The number of rotatable bonds is 8. The lowest BCUT2D eigenvalue weighted by molar-refractivity contribution is 0.174. The Morgan fingerprint density at radius 2 is 1.61 bits per heavy atom. The number of nitrogens with zero attached hydrogens (tertiary/aromatic N) is 2. The zero-order valence-corrected chi connectivity index (χ0v) is 13.1. The number of hydrogen-bond acceptors (Lipinski definition) is 3. The molecular formula is C15H34N2O. The lowest BCUT2D eigenvalue weighted by Gasteiger charge is -2.27. The summed E-state index contributed by atoms with van der Waals surface area (Å²) in [6.07, 6.45) is 6.71. The summed E-state index contributed by atoms with van der Waals surface area (Å²) in [5.41, 5.74) is 0. The van der Waals surface area contributed by atoms with Crippen molar-refractivity contribution in [3.8, 4) is 0 Å². The van der Waals surface area contributed by atoms with Gasteiger partial charge in [0.1, 0.15) is 0 Å². The van der Waals surface area contributed by atoms with Crippen molar-refractivity contribution in [2.24, 2.45) is 0 Å². The minimum atomic E-state index is 0.885. The molecule has 0 aromatic heterocycles. The van der Waals surface area contributed by atoms with Crippen LogP contribution in [0.15, 0.2) is 0 Å². The highest BCUT2D eigenvalue weighted by Crippen LogP contribution is 2.08. The summed E-state index contributed by atoms with van der Waals surface area (Å²) < 4.78 is 5.06. The molecule has 0 atom stereocenters. The van der Waals surface area contributed by atoms with E-state index in [9.17, 15) is 0 Å². The van der Waals surface area contributed by atoms with Gasteiger partial charge < -0.3 is 14.5 Å². The Balaban J connectivity index is 0.00000137. The Morgan fingerprint density at radius 3 is 2.22 bits per heavy atom. The van der Waals surface area contributed by atoms with Gasteiger partial charge >= 0.3 is 0 Å². The van der Waals surface area contributed by atoms with Gasteiger partial charge in [0.15, 0.2) is 0 Å². The minimum absolute atomic E-state index is 0.885. The first kappa shape index (κ1) is 17.9. The Kier molecular flexibility index (Phi) is 13.2. The second kappa shape index (κ2) is 13.3. The maximum atomic E-state index is 5.06. The van der Waals surface area contributed by atoms with Gasteiger partial charge in [0, 0.05) is 20.3 Å². The molecule has 3 heteroatoms. The van der Waals surface area contributed by atoms with Crippen molar-refractivity contribution in [3.05, 3.63) is 0 Å². The molecule has 1 rings (SSSR count). The number of ether oxygens (including phenoxy) is 1. The lowest BCUT2D eigenvalue weighted by atomic mass is 10.1. The third kappa shape index (κ3) is 9.86. The molecule has 0 saturated carbocycles. The molecular weight excluding hydrogens is 224 g/mol. The van der Waals surface area contributed by atoms with Crippen molar-refractivity contribution in [1.82, 2.24) is 9.80 Å². The average molecular weight is 258 g/mol. The first-order valence-corrected chi connectivity index (χ1v) is 7.73. The molecule has 1 heterocycles. The zero-order chi connectivity index (χ0) is 13.6. The van der Waals surface area contributed by atoms with Gasteiger partial charge in [0.05, 0.1) is 0 Å². The summed E-state index contributed by atoms with van der Waals surface area (Å²) in [5.74, 6) is 0. The van der Waals surface area contributed by atoms with Crippen LogP contribution in [0.2, 0.25) is 0 Å². The van der Waals surface area contributed by atoms with Crippen LogP contribution in [0.4, 0.5) is 0 Å². The summed E-state index contributed by atoms with van der Waals surface area (Å²) in [4.78, 5) is 5.04. The fraction of sp³-hybridized carbons (Fsp3) is 1.00. The van der Waals surface area contributed by atoms with Crippen LogP contribution in [0.1, 0.15) is 46.0 Å². The SMILES string of the molecule is CC.COCCCN(C)CCCN1CCCCC1. The fourth-order valence-electron chi connectivity index (χ4n) is 2.34. The van der Waals surface area contributed by atoms with Crippen molar-refractivity contribution in [2.75, 3.05) is 53.5 Å². The van der Waals surface area contributed by atoms with E-state index in [1.807, 2.05) is 13.8 Å². The van der Waals surface area contributed by atoms with E-state index < -0.39 is 0 Å². The second-order valence-corrected chi connectivity index (χ2v) is 4.91. The summed E-state index contributed by atoms with van der Waals surface area (Å²) >= 11 is 0. The van der Waals surface area contributed by atoms with Gasteiger partial charge in [-0.15, -0.1) is 0 Å². The molecule has 0 unspecified atom stereocenters. The highest BCUT2D eigenvalue weighted by molar-refractivity contribution is 4.65. The highest BCUT2D eigenvalue weighted by Gasteiger charge is 2.09. The van der Waals surface area contributed by atoms with Gasteiger partial charge in [-0.05, 0) is 58.9 Å². The molecule has 0 amide bonds. The van der Waals surface area contributed by atoms with Crippen LogP contribution in [-0.2, 0) is 4.74 Å². The molecule has 1 aliphatic rings. The van der Waals surface area contributed by atoms with Crippen LogP contribution in [0.25, 0.3) is 0 Å². The van der Waals surface area contributed by atoms with Gasteiger partial charge in [0.25, 0.3) is 0 Å². The van der Waals surface area contributed by atoms with E-state index in [-0.39, 0.29) is 0 Å². The van der Waals surface area contributed by atoms with E-state index in [4.69, 9.17) is 4.74 Å². The van der Waals surface area contributed by atoms with Crippen molar-refractivity contribution in [1.29, 1.82) is 0 Å².